The summed E-state index contributed by atoms with van der Waals surface area (Å²) in [5.74, 6) is 2.46. The number of hydrogen-bond acceptors (Lipinski definition) is 11. The van der Waals surface area contributed by atoms with Crippen LogP contribution in [-0.4, -0.2) is 121 Å². The van der Waals surface area contributed by atoms with Gasteiger partial charge in [0.1, 0.15) is 35.2 Å². The van der Waals surface area contributed by atoms with Gasteiger partial charge >= 0.3 is 5.69 Å². The van der Waals surface area contributed by atoms with Crippen molar-refractivity contribution in [1.82, 2.24) is 44.4 Å². The second-order valence-electron chi connectivity index (χ2n) is 19.3. The van der Waals surface area contributed by atoms with Crippen molar-refractivity contribution >= 4 is 45.3 Å². The molecule has 322 valence electrons. The Hall–Kier alpha value is -5.28. The lowest BCUT2D eigenvalue weighted by Crippen LogP contribution is -2.61. The number of benzene rings is 2. The van der Waals surface area contributed by atoms with Crippen LogP contribution in [0.15, 0.2) is 53.6 Å². The highest BCUT2D eigenvalue weighted by atomic mass is 16.5. The Bertz CT molecular complexity index is 2520. The van der Waals surface area contributed by atoms with Crippen molar-refractivity contribution in [2.75, 3.05) is 68.7 Å². The maximum Gasteiger partial charge on any atom is 0.329 e. The predicted molar refractivity (Wildman–Crippen MR) is 236 cm³/mol. The number of fused-ring (bicyclic) bond motifs is 2. The summed E-state index contributed by atoms with van der Waals surface area (Å²) < 4.78 is 9.43. The van der Waals surface area contributed by atoms with Gasteiger partial charge in [-0.05, 0) is 114 Å². The third kappa shape index (κ3) is 7.90. The number of imide groups is 1. The molecule has 0 spiro atoms. The maximum atomic E-state index is 13.3. The molecule has 4 saturated heterocycles. The van der Waals surface area contributed by atoms with Crippen molar-refractivity contribution in [2.24, 2.45) is 18.9 Å². The number of carbonyl (C=O) groups excluding carboxylic acids is 2. The molecule has 0 bridgehead atoms. The fourth-order valence-corrected chi connectivity index (χ4v) is 10.4. The number of amides is 2. The number of hydrogen-bond donors (Lipinski definition) is 2. The Balaban J connectivity index is 0.702. The minimum absolute atomic E-state index is 0.0403. The first-order valence-electron chi connectivity index (χ1n) is 22.4. The summed E-state index contributed by atoms with van der Waals surface area (Å²) in [5, 5.41) is 11.2. The van der Waals surface area contributed by atoms with E-state index in [-0.39, 0.29) is 29.2 Å². The molecular formula is C46H59N11O4. The van der Waals surface area contributed by atoms with E-state index in [1.807, 2.05) is 18.2 Å². The Morgan fingerprint density at radius 1 is 0.803 bits per heavy atom. The largest absolute Gasteiger partial charge is 0.488 e. The molecule has 0 radical (unpaired) electrons. The van der Waals surface area contributed by atoms with E-state index < -0.39 is 11.9 Å². The van der Waals surface area contributed by atoms with Gasteiger partial charge in [-0.2, -0.15) is 5.10 Å². The van der Waals surface area contributed by atoms with E-state index in [0.717, 1.165) is 148 Å². The van der Waals surface area contributed by atoms with Gasteiger partial charge in [-0.3, -0.25) is 38.9 Å². The zero-order chi connectivity index (χ0) is 42.0. The molecule has 5 fully saturated rings. The van der Waals surface area contributed by atoms with Gasteiger partial charge in [0, 0.05) is 95.1 Å². The lowest BCUT2D eigenvalue weighted by Gasteiger charge is -2.50. The Labute approximate surface area is 356 Å². The van der Waals surface area contributed by atoms with Crippen molar-refractivity contribution in [3.8, 4) is 17.1 Å². The summed E-state index contributed by atoms with van der Waals surface area (Å²) in [6, 6.07) is 13.7. The third-order valence-electron chi connectivity index (χ3n) is 14.4. The summed E-state index contributed by atoms with van der Waals surface area (Å²) >= 11 is 0. The van der Waals surface area contributed by atoms with Crippen LogP contribution in [0.3, 0.4) is 0 Å². The van der Waals surface area contributed by atoms with Crippen LogP contribution >= 0.6 is 0 Å². The normalized spacial score (nSPS) is 22.9. The summed E-state index contributed by atoms with van der Waals surface area (Å²) in [4.78, 5) is 57.3. The SMILES string of the molecule is Cn1c(=O)n(C2CCC(=O)NC2=O)c2ccc(N3CCC(CN4CCN(CC5CCN(c6cc(-c7n[nH]c8ccc(OC9(C)CC9)cc78)ncn6)CC5)C(C)(C)C4)CC3)cc21. The van der Waals surface area contributed by atoms with Crippen molar-refractivity contribution < 1.29 is 14.3 Å². The molecule has 15 nitrogen and oxygen atoms in total. The standard InChI is InChI=1S/C46H59N11O4/c1-45(2)28-53(26-30-11-17-54(18-12-30)32-5-8-37-39(23-32)52(4)44(60)57(37)38-9-10-41(58)49-43(38)59)21-22-56(45)27-31-13-19-55(20-14-31)40-25-36(47-29-48-40)42-34-24-33(61-46(3)15-16-46)6-7-35(34)50-51-42/h5-8,23-25,29-31,38H,9-22,26-28H2,1-4H3,(H,50,51)(H,49,58,59). The number of H-pyrrole nitrogens is 1. The number of nitrogens with one attached hydrogen (secondary N) is 2. The van der Waals surface area contributed by atoms with Crippen molar-refractivity contribution in [3.05, 3.63) is 59.3 Å². The molecule has 7 heterocycles. The molecular weight excluding hydrogens is 771 g/mol. The molecule has 1 unspecified atom stereocenters. The predicted octanol–water partition coefficient (Wildman–Crippen LogP) is 5.11. The number of carbonyl (C=O) groups is 2. The Kier molecular flexibility index (Phi) is 10.2. The van der Waals surface area contributed by atoms with E-state index in [9.17, 15) is 14.4 Å². The average Bonchev–Trinajstić information content (AvgIpc) is 3.73. The molecule has 2 N–H and O–H groups in total. The van der Waals surface area contributed by atoms with E-state index in [1.165, 1.54) is 0 Å². The van der Waals surface area contributed by atoms with Gasteiger partial charge in [0.05, 0.1) is 22.2 Å². The number of ether oxygens (including phenoxy) is 1. The van der Waals surface area contributed by atoms with Crippen molar-refractivity contribution in [2.45, 2.75) is 89.3 Å². The number of piperidine rings is 3. The molecule has 2 aromatic carbocycles. The van der Waals surface area contributed by atoms with Gasteiger partial charge in [0.25, 0.3) is 0 Å². The summed E-state index contributed by atoms with van der Waals surface area (Å²) in [6.45, 7) is 16.5. The lowest BCUT2D eigenvalue weighted by molar-refractivity contribution is -0.135. The molecule has 10 rings (SSSR count). The maximum absolute atomic E-state index is 13.3. The van der Waals surface area contributed by atoms with Crippen LogP contribution in [0.5, 0.6) is 5.75 Å². The average molecular weight is 830 g/mol. The number of imidazole rings is 1. The van der Waals surface area contributed by atoms with Gasteiger partial charge in [-0.1, -0.05) is 0 Å². The van der Waals surface area contributed by atoms with Crippen molar-refractivity contribution in [1.29, 1.82) is 0 Å². The number of nitrogens with zero attached hydrogens (tertiary/aromatic N) is 9. The molecule has 2 amide bonds. The van der Waals surface area contributed by atoms with Gasteiger partial charge in [-0.25, -0.2) is 14.8 Å². The highest BCUT2D eigenvalue weighted by Gasteiger charge is 2.40. The number of aromatic nitrogens is 6. The van der Waals surface area contributed by atoms with E-state index in [2.05, 4.69) is 85.1 Å². The van der Waals surface area contributed by atoms with E-state index in [4.69, 9.17) is 9.72 Å². The number of anilines is 2. The van der Waals surface area contributed by atoms with Crippen LogP contribution in [0.2, 0.25) is 0 Å². The molecule has 3 aromatic heterocycles. The van der Waals surface area contributed by atoms with Crippen LogP contribution in [0.1, 0.15) is 78.2 Å². The molecule has 1 aliphatic carbocycles. The summed E-state index contributed by atoms with van der Waals surface area (Å²) in [7, 11) is 1.76. The molecule has 61 heavy (non-hydrogen) atoms. The fraction of sp³-hybridized carbons (Fsp3) is 0.565. The highest BCUT2D eigenvalue weighted by molar-refractivity contribution is 6.00. The zero-order valence-corrected chi connectivity index (χ0v) is 36.0. The van der Waals surface area contributed by atoms with Crippen LogP contribution in [0.25, 0.3) is 33.3 Å². The molecule has 5 aromatic rings. The summed E-state index contributed by atoms with van der Waals surface area (Å²) in [5.41, 5.74) is 5.11. The van der Waals surface area contributed by atoms with Gasteiger partial charge in [0.15, 0.2) is 0 Å². The van der Waals surface area contributed by atoms with Crippen LogP contribution in [0, 0.1) is 11.8 Å². The molecule has 4 aliphatic heterocycles. The zero-order valence-electron chi connectivity index (χ0n) is 36.0. The number of piperazine rings is 1. The van der Waals surface area contributed by atoms with Gasteiger partial charge < -0.3 is 14.5 Å². The first-order chi connectivity index (χ1) is 29.4. The second-order valence-corrected chi connectivity index (χ2v) is 19.3. The molecule has 15 heteroatoms. The van der Waals surface area contributed by atoms with E-state index in [1.54, 1.807) is 22.5 Å². The number of aromatic amines is 1. The fourth-order valence-electron chi connectivity index (χ4n) is 10.4. The molecule has 5 aliphatic rings. The van der Waals surface area contributed by atoms with Crippen LogP contribution in [-0.2, 0) is 16.6 Å². The first-order valence-corrected chi connectivity index (χ1v) is 22.4. The van der Waals surface area contributed by atoms with E-state index >= 15 is 0 Å². The topological polar surface area (TPSA) is 150 Å². The minimum Gasteiger partial charge on any atom is -0.488 e. The summed E-state index contributed by atoms with van der Waals surface area (Å²) in [6.07, 6.45) is 8.99. The van der Waals surface area contributed by atoms with Crippen LogP contribution < -0.4 is 25.5 Å². The second kappa shape index (κ2) is 15.6. The number of rotatable bonds is 10. The minimum atomic E-state index is -0.673. The van der Waals surface area contributed by atoms with Gasteiger partial charge in [-0.15, -0.1) is 0 Å². The molecule has 1 saturated carbocycles. The van der Waals surface area contributed by atoms with Crippen molar-refractivity contribution in [3.63, 3.8) is 0 Å². The number of aryl methyl sites for hydroxylation is 1. The van der Waals surface area contributed by atoms with Crippen LogP contribution in [0.4, 0.5) is 11.5 Å². The third-order valence-corrected chi connectivity index (χ3v) is 14.4. The quantitative estimate of drug-likeness (QED) is 0.181. The smallest absolute Gasteiger partial charge is 0.329 e. The van der Waals surface area contributed by atoms with Gasteiger partial charge in [0.2, 0.25) is 11.8 Å². The van der Waals surface area contributed by atoms with E-state index in [0.29, 0.717) is 18.3 Å². The molecule has 1 atom stereocenters. The lowest BCUT2D eigenvalue weighted by atomic mass is 9.90. The Morgan fingerprint density at radius 3 is 2.30 bits per heavy atom. The monoisotopic (exact) mass is 829 g/mol. The highest BCUT2D eigenvalue weighted by Crippen LogP contribution is 2.41. The Morgan fingerprint density at radius 2 is 1.56 bits per heavy atom. The first kappa shape index (κ1) is 39.8.